The average molecular weight is 506 g/mol. The highest BCUT2D eigenvalue weighted by atomic mass is 127. The van der Waals surface area contributed by atoms with E-state index in [0.717, 1.165) is 38.4 Å². The molecule has 1 aromatic rings. The van der Waals surface area contributed by atoms with Crippen LogP contribution in [0.4, 0.5) is 0 Å². The number of hydrogen-bond donors (Lipinski definition) is 2. The predicted molar refractivity (Wildman–Crippen MR) is 126 cm³/mol. The molecule has 0 aliphatic heterocycles. The molecule has 1 saturated carbocycles. The van der Waals surface area contributed by atoms with E-state index >= 15 is 0 Å². The van der Waals surface area contributed by atoms with Gasteiger partial charge < -0.3 is 20.3 Å². The third-order valence-corrected chi connectivity index (χ3v) is 6.20. The van der Waals surface area contributed by atoms with E-state index in [1.54, 1.807) is 0 Å². The number of hydrogen-bond acceptors (Lipinski definition) is 4. The van der Waals surface area contributed by atoms with Gasteiger partial charge >= 0.3 is 0 Å². The molecule has 0 saturated heterocycles. The molecule has 0 aromatic carbocycles. The molecule has 1 fully saturated rings. The Morgan fingerprint density at radius 2 is 2.07 bits per heavy atom. The number of nitrogens with zero attached hydrogens (tertiary/aromatic N) is 4. The van der Waals surface area contributed by atoms with Crippen LogP contribution >= 0.6 is 24.0 Å². The molecule has 1 aliphatic carbocycles. The minimum Gasteiger partial charge on any atom is -0.378 e. The number of aliphatic imine (C=N–C) groups is 1. The number of nitrogens with one attached hydrogen (secondary N) is 2. The van der Waals surface area contributed by atoms with Gasteiger partial charge in [0.25, 0.3) is 0 Å². The van der Waals surface area contributed by atoms with Crippen molar-refractivity contribution < 1.29 is 4.74 Å². The predicted octanol–water partition coefficient (Wildman–Crippen LogP) is 2.79. The fourth-order valence-electron chi connectivity index (χ4n) is 4.35. The van der Waals surface area contributed by atoms with Gasteiger partial charge in [0.15, 0.2) is 5.96 Å². The Morgan fingerprint density at radius 3 is 2.54 bits per heavy atom. The highest BCUT2D eigenvalue weighted by molar-refractivity contribution is 14.0. The van der Waals surface area contributed by atoms with Gasteiger partial charge in [-0.05, 0) is 40.3 Å². The highest BCUT2D eigenvalue weighted by Gasteiger charge is 2.53. The first-order valence-corrected chi connectivity index (χ1v) is 10.2. The third kappa shape index (κ3) is 5.38. The first kappa shape index (κ1) is 25.2. The van der Waals surface area contributed by atoms with Gasteiger partial charge in [0.1, 0.15) is 0 Å². The van der Waals surface area contributed by atoms with Gasteiger partial charge in [0, 0.05) is 50.5 Å². The molecule has 3 atom stereocenters. The van der Waals surface area contributed by atoms with Crippen molar-refractivity contribution in [1.29, 1.82) is 0 Å². The van der Waals surface area contributed by atoms with Crippen molar-refractivity contribution in [2.45, 2.75) is 58.2 Å². The summed E-state index contributed by atoms with van der Waals surface area (Å²) in [4.78, 5) is 6.66. The molecule has 1 heterocycles. The second kappa shape index (κ2) is 11.3. The molecular formula is C20H39IN6O. The van der Waals surface area contributed by atoms with Crippen LogP contribution in [-0.4, -0.2) is 67.1 Å². The van der Waals surface area contributed by atoms with Gasteiger partial charge in [0.2, 0.25) is 0 Å². The Balaban J connectivity index is 0.00000392. The van der Waals surface area contributed by atoms with Crippen LogP contribution < -0.4 is 10.6 Å². The zero-order chi connectivity index (χ0) is 20.0. The van der Waals surface area contributed by atoms with Crippen molar-refractivity contribution in [2.75, 3.05) is 34.3 Å². The van der Waals surface area contributed by atoms with E-state index in [1.807, 2.05) is 25.0 Å². The summed E-state index contributed by atoms with van der Waals surface area (Å²) in [7, 11) is 7.97. The number of ether oxygens (including phenoxy) is 1. The molecule has 28 heavy (non-hydrogen) atoms. The van der Waals surface area contributed by atoms with E-state index in [-0.39, 0.29) is 35.4 Å². The van der Waals surface area contributed by atoms with E-state index in [1.165, 1.54) is 5.56 Å². The maximum absolute atomic E-state index is 5.99. The Bertz CT molecular complexity index is 614. The van der Waals surface area contributed by atoms with Gasteiger partial charge in [-0.1, -0.05) is 13.8 Å². The molecule has 8 heteroatoms. The maximum atomic E-state index is 5.99. The minimum absolute atomic E-state index is 0. The second-order valence-electron chi connectivity index (χ2n) is 7.70. The molecule has 2 N–H and O–H groups in total. The maximum Gasteiger partial charge on any atom is 0.191 e. The van der Waals surface area contributed by atoms with Crippen molar-refractivity contribution in [1.82, 2.24) is 25.3 Å². The molecule has 0 amide bonds. The lowest BCUT2D eigenvalue weighted by molar-refractivity contribution is -0.133. The largest absolute Gasteiger partial charge is 0.378 e. The smallest absolute Gasteiger partial charge is 0.191 e. The fourth-order valence-corrected chi connectivity index (χ4v) is 4.35. The lowest BCUT2D eigenvalue weighted by Crippen LogP contribution is -2.65. The standard InChI is InChI=1S/C20H38N6O.HI/c1-8-20(9-2)17(11-18(20)27-10-3)24-19(21-4)22-13-16(25(5)6)15-12-23-26(7)14-15;/h12,14,16-18H,8-11,13H2,1-7H3,(H2,21,22,24);1H. The SMILES string of the molecule is CCOC1CC(NC(=NC)NCC(c2cnn(C)c2)N(C)C)C1(CC)CC.I. The zero-order valence-electron chi connectivity index (χ0n) is 18.5. The number of aromatic nitrogens is 2. The highest BCUT2D eigenvalue weighted by Crippen LogP contribution is 2.48. The number of guanidine groups is 1. The monoisotopic (exact) mass is 506 g/mol. The molecule has 0 radical (unpaired) electrons. The Hall–Kier alpha value is -0.870. The molecule has 0 bridgehead atoms. The van der Waals surface area contributed by atoms with E-state index in [0.29, 0.717) is 12.1 Å². The number of likely N-dealkylation sites (N-methyl/N-ethyl adjacent to an activating group) is 1. The summed E-state index contributed by atoms with van der Waals surface area (Å²) in [6.07, 6.45) is 7.60. The molecule has 1 aliphatic rings. The van der Waals surface area contributed by atoms with Crippen LogP contribution in [0.1, 0.15) is 51.6 Å². The summed E-state index contributed by atoms with van der Waals surface area (Å²) in [5.74, 6) is 0.858. The van der Waals surface area contributed by atoms with Gasteiger partial charge in [-0.15, -0.1) is 24.0 Å². The van der Waals surface area contributed by atoms with E-state index in [9.17, 15) is 0 Å². The van der Waals surface area contributed by atoms with Gasteiger partial charge in [0.05, 0.1) is 18.3 Å². The van der Waals surface area contributed by atoms with Crippen molar-refractivity contribution in [3.05, 3.63) is 18.0 Å². The van der Waals surface area contributed by atoms with E-state index in [2.05, 4.69) is 66.7 Å². The normalized spacial score (nSPS) is 22.4. The van der Waals surface area contributed by atoms with Crippen molar-refractivity contribution in [3.8, 4) is 0 Å². The summed E-state index contributed by atoms with van der Waals surface area (Å²) in [5.41, 5.74) is 1.39. The third-order valence-electron chi connectivity index (χ3n) is 6.20. The van der Waals surface area contributed by atoms with Crippen LogP contribution in [0.15, 0.2) is 17.4 Å². The lowest BCUT2D eigenvalue weighted by atomic mass is 9.58. The van der Waals surface area contributed by atoms with Crippen molar-refractivity contribution in [2.24, 2.45) is 17.5 Å². The fraction of sp³-hybridized carbons (Fsp3) is 0.800. The molecule has 3 unspecified atom stereocenters. The van der Waals surface area contributed by atoms with Gasteiger partial charge in [-0.3, -0.25) is 9.67 Å². The number of rotatable bonds is 9. The molecule has 2 rings (SSSR count). The van der Waals surface area contributed by atoms with Gasteiger partial charge in [-0.2, -0.15) is 5.10 Å². The zero-order valence-corrected chi connectivity index (χ0v) is 20.9. The molecule has 0 spiro atoms. The summed E-state index contributed by atoms with van der Waals surface area (Å²) in [5, 5.41) is 11.5. The summed E-state index contributed by atoms with van der Waals surface area (Å²) < 4.78 is 7.84. The summed E-state index contributed by atoms with van der Waals surface area (Å²) in [6, 6.07) is 0.628. The minimum atomic E-state index is 0. The van der Waals surface area contributed by atoms with Crippen molar-refractivity contribution in [3.63, 3.8) is 0 Å². The molecule has 7 nitrogen and oxygen atoms in total. The summed E-state index contributed by atoms with van der Waals surface area (Å²) >= 11 is 0. The van der Waals surface area contributed by atoms with Crippen LogP contribution in [0.25, 0.3) is 0 Å². The molecule has 162 valence electrons. The quantitative estimate of drug-likeness (QED) is 0.307. The van der Waals surface area contributed by atoms with Crippen LogP contribution in [0, 0.1) is 5.41 Å². The topological polar surface area (TPSA) is 66.7 Å². The average Bonchev–Trinajstić information content (AvgIpc) is 3.06. The lowest BCUT2D eigenvalue weighted by Gasteiger charge is -2.55. The Labute approximate surface area is 187 Å². The first-order chi connectivity index (χ1) is 12.9. The summed E-state index contributed by atoms with van der Waals surface area (Å²) in [6.45, 7) is 8.16. The van der Waals surface area contributed by atoms with Crippen LogP contribution in [-0.2, 0) is 11.8 Å². The van der Waals surface area contributed by atoms with Crippen LogP contribution in [0.3, 0.4) is 0 Å². The number of halogens is 1. The Morgan fingerprint density at radius 1 is 1.39 bits per heavy atom. The van der Waals surface area contributed by atoms with E-state index in [4.69, 9.17) is 4.74 Å². The van der Waals surface area contributed by atoms with E-state index < -0.39 is 0 Å². The second-order valence-corrected chi connectivity index (χ2v) is 7.70. The molecular weight excluding hydrogens is 467 g/mol. The van der Waals surface area contributed by atoms with Crippen LogP contribution in [0.2, 0.25) is 0 Å². The first-order valence-electron chi connectivity index (χ1n) is 10.2. The van der Waals surface area contributed by atoms with Crippen molar-refractivity contribution >= 4 is 29.9 Å². The number of aryl methyl sites for hydroxylation is 1. The van der Waals surface area contributed by atoms with Crippen LogP contribution in [0.5, 0.6) is 0 Å². The Kier molecular flexibility index (Phi) is 10.2. The molecule has 1 aromatic heterocycles. The van der Waals surface area contributed by atoms with Gasteiger partial charge in [-0.25, -0.2) is 0 Å².